The van der Waals surface area contributed by atoms with Crippen LogP contribution in [0, 0.1) is 6.92 Å². The fourth-order valence-electron chi connectivity index (χ4n) is 2.32. The number of nitrogens with zero attached hydrogens (tertiary/aromatic N) is 3. The van der Waals surface area contributed by atoms with E-state index in [9.17, 15) is 13.6 Å². The van der Waals surface area contributed by atoms with Crippen molar-refractivity contribution in [3.05, 3.63) is 47.8 Å². The molecule has 0 saturated heterocycles. The molecule has 0 unspecified atom stereocenters. The molecule has 124 valence electrons. The zero-order valence-electron chi connectivity index (χ0n) is 12.9. The number of carbonyl (C=O) groups is 1. The number of hydrogen-bond donors (Lipinski definition) is 0. The molecule has 0 atom stereocenters. The van der Waals surface area contributed by atoms with Gasteiger partial charge in [-0.3, -0.25) is 0 Å². The third-order valence-corrected chi connectivity index (χ3v) is 3.30. The average Bonchev–Trinajstić information content (AvgIpc) is 2.92. The number of halogens is 2. The van der Waals surface area contributed by atoms with E-state index in [0.717, 1.165) is 0 Å². The van der Waals surface area contributed by atoms with Crippen LogP contribution in [0.2, 0.25) is 0 Å². The zero-order chi connectivity index (χ0) is 17.3. The van der Waals surface area contributed by atoms with Crippen molar-refractivity contribution < 1.29 is 23.0 Å². The third kappa shape index (κ3) is 3.03. The van der Waals surface area contributed by atoms with E-state index < -0.39 is 12.6 Å². The minimum Gasteiger partial charge on any atom is -0.464 e. The molecular formula is C16H13F2N3O3. The molecule has 0 aliphatic rings. The van der Waals surface area contributed by atoms with Crippen molar-refractivity contribution >= 4 is 11.6 Å². The molecule has 0 spiro atoms. The van der Waals surface area contributed by atoms with Crippen molar-refractivity contribution in [1.29, 1.82) is 0 Å². The first-order valence-corrected chi connectivity index (χ1v) is 6.99. The summed E-state index contributed by atoms with van der Waals surface area (Å²) in [5.74, 6) is -0.569. The minimum atomic E-state index is -2.92. The Labute approximate surface area is 135 Å². The van der Waals surface area contributed by atoms with E-state index in [1.807, 2.05) is 0 Å². The topological polar surface area (TPSA) is 65.7 Å². The molecule has 0 aliphatic carbocycles. The second-order valence-corrected chi connectivity index (χ2v) is 4.98. The van der Waals surface area contributed by atoms with Crippen molar-refractivity contribution in [1.82, 2.24) is 14.6 Å². The second kappa shape index (κ2) is 6.23. The van der Waals surface area contributed by atoms with Crippen molar-refractivity contribution in [2.45, 2.75) is 13.5 Å². The monoisotopic (exact) mass is 333 g/mol. The van der Waals surface area contributed by atoms with Crippen LogP contribution in [-0.4, -0.2) is 34.3 Å². The lowest BCUT2D eigenvalue weighted by Crippen LogP contribution is -2.10. The van der Waals surface area contributed by atoms with Crippen LogP contribution in [-0.2, 0) is 4.74 Å². The maximum Gasteiger partial charge on any atom is 0.387 e. The first kappa shape index (κ1) is 15.9. The Morgan fingerprint density at radius 3 is 2.75 bits per heavy atom. The molecule has 3 aromatic rings. The summed E-state index contributed by atoms with van der Waals surface area (Å²) in [6.45, 7) is -1.15. The van der Waals surface area contributed by atoms with Crippen molar-refractivity contribution in [3.8, 4) is 17.0 Å². The van der Waals surface area contributed by atoms with Crippen molar-refractivity contribution in [2.75, 3.05) is 7.11 Å². The lowest BCUT2D eigenvalue weighted by atomic mass is 10.1. The minimum absolute atomic E-state index is 0.00785. The molecule has 3 rings (SSSR count). The van der Waals surface area contributed by atoms with E-state index in [1.165, 1.54) is 29.8 Å². The first-order chi connectivity index (χ1) is 11.5. The Morgan fingerprint density at radius 2 is 2.04 bits per heavy atom. The van der Waals surface area contributed by atoms with Gasteiger partial charge >= 0.3 is 12.6 Å². The molecule has 2 heterocycles. The Morgan fingerprint density at radius 1 is 1.25 bits per heavy atom. The number of methoxy groups -OCH3 is 1. The summed E-state index contributed by atoms with van der Waals surface area (Å²) in [5, 5.41) is 4.20. The Kier molecular flexibility index (Phi) is 4.11. The van der Waals surface area contributed by atoms with E-state index in [1.54, 1.807) is 25.1 Å². The van der Waals surface area contributed by atoms with Crippen LogP contribution in [0.4, 0.5) is 8.78 Å². The van der Waals surface area contributed by atoms with Gasteiger partial charge in [0, 0.05) is 11.6 Å². The number of hydrogen-bond acceptors (Lipinski definition) is 5. The SMILES string of the molecule is COC(=O)c1cc(-c2cccc(OC(F)F)c2)nc2cc(C)nn12. The highest BCUT2D eigenvalue weighted by molar-refractivity contribution is 5.89. The highest BCUT2D eigenvalue weighted by atomic mass is 19.3. The number of aromatic nitrogens is 3. The molecule has 0 aliphatic heterocycles. The number of rotatable bonds is 4. The zero-order valence-corrected chi connectivity index (χ0v) is 12.9. The van der Waals surface area contributed by atoms with Crippen LogP contribution < -0.4 is 4.74 Å². The average molecular weight is 333 g/mol. The number of benzene rings is 1. The van der Waals surface area contributed by atoms with Gasteiger partial charge in [0.15, 0.2) is 11.3 Å². The highest BCUT2D eigenvalue weighted by Crippen LogP contribution is 2.25. The summed E-state index contributed by atoms with van der Waals surface area (Å²) >= 11 is 0. The van der Waals surface area contributed by atoms with Crippen LogP contribution >= 0.6 is 0 Å². The Hall–Kier alpha value is -3.03. The van der Waals surface area contributed by atoms with Crippen LogP contribution in [0.5, 0.6) is 5.75 Å². The van der Waals surface area contributed by atoms with Gasteiger partial charge in [0.25, 0.3) is 0 Å². The molecule has 8 heteroatoms. The number of esters is 1. The van der Waals surface area contributed by atoms with Crippen LogP contribution in [0.15, 0.2) is 36.4 Å². The summed E-state index contributed by atoms with van der Waals surface area (Å²) < 4.78 is 35.3. The first-order valence-electron chi connectivity index (χ1n) is 6.99. The van der Waals surface area contributed by atoms with Crippen molar-refractivity contribution in [3.63, 3.8) is 0 Å². The van der Waals surface area contributed by atoms with Gasteiger partial charge in [-0.05, 0) is 25.1 Å². The number of fused-ring (bicyclic) bond motifs is 1. The number of aryl methyl sites for hydroxylation is 1. The van der Waals surface area contributed by atoms with Gasteiger partial charge in [-0.25, -0.2) is 14.3 Å². The van der Waals surface area contributed by atoms with E-state index in [-0.39, 0.29) is 11.4 Å². The van der Waals surface area contributed by atoms with Crippen molar-refractivity contribution in [2.24, 2.45) is 0 Å². The molecule has 1 aromatic carbocycles. The normalized spacial score (nSPS) is 11.0. The fourth-order valence-corrected chi connectivity index (χ4v) is 2.32. The Bertz CT molecular complexity index is 909. The van der Waals surface area contributed by atoms with Crippen LogP contribution in [0.1, 0.15) is 16.2 Å². The summed E-state index contributed by atoms with van der Waals surface area (Å²) in [5.41, 5.74) is 2.26. The molecule has 0 saturated carbocycles. The van der Waals surface area contributed by atoms with Crippen LogP contribution in [0.25, 0.3) is 16.9 Å². The maximum absolute atomic E-state index is 12.4. The van der Waals surface area contributed by atoms with Gasteiger partial charge < -0.3 is 9.47 Å². The van der Waals surface area contributed by atoms with E-state index in [2.05, 4.69) is 14.8 Å². The summed E-state index contributed by atoms with van der Waals surface area (Å²) in [6.07, 6.45) is 0. The van der Waals surface area contributed by atoms with Gasteiger partial charge in [0.05, 0.1) is 18.5 Å². The van der Waals surface area contributed by atoms with E-state index in [4.69, 9.17) is 4.74 Å². The molecule has 0 bridgehead atoms. The summed E-state index contributed by atoms with van der Waals surface area (Å²) in [6, 6.07) is 9.29. The standard InChI is InChI=1S/C16H13F2N3O3/c1-9-6-14-19-12(8-13(15(22)23-2)21(14)20-9)10-4-3-5-11(7-10)24-16(17)18/h3-8,16H,1-2H3. The fraction of sp³-hybridized carbons (Fsp3) is 0.188. The van der Waals surface area contributed by atoms with Gasteiger partial charge in [-0.1, -0.05) is 12.1 Å². The molecule has 0 N–H and O–H groups in total. The number of carbonyl (C=O) groups excluding carboxylic acids is 1. The molecule has 6 nitrogen and oxygen atoms in total. The predicted molar refractivity (Wildman–Crippen MR) is 81.1 cm³/mol. The lowest BCUT2D eigenvalue weighted by Gasteiger charge is -2.09. The Balaban J connectivity index is 2.14. The highest BCUT2D eigenvalue weighted by Gasteiger charge is 2.16. The van der Waals surface area contributed by atoms with E-state index >= 15 is 0 Å². The molecule has 0 fully saturated rings. The maximum atomic E-state index is 12.4. The second-order valence-electron chi connectivity index (χ2n) is 4.98. The quantitative estimate of drug-likeness (QED) is 0.687. The van der Waals surface area contributed by atoms with Gasteiger partial charge in [-0.2, -0.15) is 13.9 Å². The largest absolute Gasteiger partial charge is 0.464 e. The molecule has 0 radical (unpaired) electrons. The predicted octanol–water partition coefficient (Wildman–Crippen LogP) is 3.09. The summed E-state index contributed by atoms with van der Waals surface area (Å²) in [4.78, 5) is 16.4. The van der Waals surface area contributed by atoms with E-state index in [0.29, 0.717) is 22.6 Å². The molecular weight excluding hydrogens is 320 g/mol. The summed E-state index contributed by atoms with van der Waals surface area (Å²) in [7, 11) is 1.27. The number of alkyl halides is 2. The molecule has 24 heavy (non-hydrogen) atoms. The molecule has 2 aromatic heterocycles. The number of ether oxygens (including phenoxy) is 2. The van der Waals surface area contributed by atoms with Gasteiger partial charge in [-0.15, -0.1) is 0 Å². The van der Waals surface area contributed by atoms with Crippen LogP contribution in [0.3, 0.4) is 0 Å². The smallest absolute Gasteiger partial charge is 0.387 e. The van der Waals surface area contributed by atoms with Gasteiger partial charge in [0.1, 0.15) is 5.75 Å². The molecule has 0 amide bonds. The third-order valence-electron chi connectivity index (χ3n) is 3.30. The van der Waals surface area contributed by atoms with Gasteiger partial charge in [0.2, 0.25) is 0 Å². The lowest BCUT2D eigenvalue weighted by molar-refractivity contribution is -0.0498.